The van der Waals surface area contributed by atoms with Crippen LogP contribution in [0, 0.1) is 5.82 Å². The molecule has 0 saturated heterocycles. The Balaban J connectivity index is 1.93. The molecule has 19 heavy (non-hydrogen) atoms. The predicted molar refractivity (Wildman–Crippen MR) is 66.8 cm³/mol. The number of rotatable bonds is 5. The van der Waals surface area contributed by atoms with E-state index in [4.69, 9.17) is 0 Å². The number of ether oxygens (including phenoxy) is 1. The van der Waals surface area contributed by atoms with Gasteiger partial charge in [0.15, 0.2) is 0 Å². The molecule has 0 aliphatic carbocycles. The van der Waals surface area contributed by atoms with E-state index in [1.807, 2.05) is 0 Å². The van der Waals surface area contributed by atoms with Crippen molar-refractivity contribution in [3.63, 3.8) is 0 Å². The summed E-state index contributed by atoms with van der Waals surface area (Å²) < 4.78 is 41.1. The summed E-state index contributed by atoms with van der Waals surface area (Å²) in [5.41, 5.74) is 1.54. The van der Waals surface area contributed by atoms with E-state index in [1.54, 1.807) is 24.3 Å². The number of nitrogens with one attached hydrogen (secondary N) is 1. The lowest BCUT2D eigenvalue weighted by atomic mass is 10.2. The van der Waals surface area contributed by atoms with Gasteiger partial charge in [0.2, 0.25) is 0 Å². The summed E-state index contributed by atoms with van der Waals surface area (Å²) in [6, 6.07) is 12.4. The molecule has 0 fully saturated rings. The van der Waals surface area contributed by atoms with E-state index in [0.717, 1.165) is 5.56 Å². The fourth-order valence-electron chi connectivity index (χ4n) is 1.59. The van der Waals surface area contributed by atoms with Crippen molar-refractivity contribution in [2.75, 3.05) is 5.32 Å². The molecule has 0 atom stereocenters. The molecule has 2 aromatic carbocycles. The van der Waals surface area contributed by atoms with Crippen LogP contribution in [0.1, 0.15) is 5.56 Å². The van der Waals surface area contributed by atoms with E-state index in [1.165, 1.54) is 24.3 Å². The van der Waals surface area contributed by atoms with E-state index in [-0.39, 0.29) is 11.6 Å². The third-order valence-corrected chi connectivity index (χ3v) is 2.47. The second kappa shape index (κ2) is 6.13. The molecule has 100 valence electrons. The minimum absolute atomic E-state index is 0.115. The Morgan fingerprint density at radius 3 is 2.42 bits per heavy atom. The van der Waals surface area contributed by atoms with Gasteiger partial charge in [-0.2, -0.15) is 8.78 Å². The molecular formula is C14H12F3NO. The van der Waals surface area contributed by atoms with Gasteiger partial charge in [-0.25, -0.2) is 4.39 Å². The summed E-state index contributed by atoms with van der Waals surface area (Å²) in [4.78, 5) is 0. The normalized spacial score (nSPS) is 10.5. The van der Waals surface area contributed by atoms with Gasteiger partial charge in [-0.1, -0.05) is 18.2 Å². The molecule has 0 aliphatic heterocycles. The van der Waals surface area contributed by atoms with Crippen LogP contribution < -0.4 is 10.1 Å². The van der Waals surface area contributed by atoms with Gasteiger partial charge in [0.1, 0.15) is 11.6 Å². The van der Waals surface area contributed by atoms with Crippen molar-refractivity contribution in [1.82, 2.24) is 0 Å². The number of hydrogen-bond donors (Lipinski definition) is 1. The summed E-state index contributed by atoms with van der Waals surface area (Å²) >= 11 is 0. The summed E-state index contributed by atoms with van der Waals surface area (Å²) in [5.74, 6) is -0.199. The van der Waals surface area contributed by atoms with Crippen molar-refractivity contribution in [2.24, 2.45) is 0 Å². The predicted octanol–water partition coefficient (Wildman–Crippen LogP) is 4.04. The van der Waals surface area contributed by atoms with Crippen molar-refractivity contribution >= 4 is 5.69 Å². The molecule has 0 unspecified atom stereocenters. The van der Waals surface area contributed by atoms with Crippen LogP contribution >= 0.6 is 0 Å². The molecule has 0 spiro atoms. The first-order valence-electron chi connectivity index (χ1n) is 5.67. The monoisotopic (exact) mass is 267 g/mol. The molecule has 5 heteroatoms. The minimum atomic E-state index is -2.82. The van der Waals surface area contributed by atoms with Gasteiger partial charge in [-0.15, -0.1) is 0 Å². The van der Waals surface area contributed by atoms with Gasteiger partial charge < -0.3 is 10.1 Å². The van der Waals surface area contributed by atoms with Crippen LogP contribution in [0.2, 0.25) is 0 Å². The third kappa shape index (κ3) is 4.21. The number of hydrogen-bond acceptors (Lipinski definition) is 2. The van der Waals surface area contributed by atoms with Crippen molar-refractivity contribution < 1.29 is 17.9 Å². The summed E-state index contributed by atoms with van der Waals surface area (Å²) in [6.07, 6.45) is 0. The topological polar surface area (TPSA) is 21.3 Å². The van der Waals surface area contributed by atoms with Gasteiger partial charge in [0.25, 0.3) is 0 Å². The molecule has 0 bridgehead atoms. The molecule has 0 aliphatic rings. The summed E-state index contributed by atoms with van der Waals surface area (Å²) in [7, 11) is 0. The van der Waals surface area contributed by atoms with E-state index < -0.39 is 6.61 Å². The third-order valence-electron chi connectivity index (χ3n) is 2.47. The van der Waals surface area contributed by atoms with E-state index in [2.05, 4.69) is 10.1 Å². The van der Waals surface area contributed by atoms with Crippen molar-refractivity contribution in [3.8, 4) is 5.75 Å². The quantitative estimate of drug-likeness (QED) is 0.882. The molecule has 0 radical (unpaired) electrons. The van der Waals surface area contributed by atoms with Gasteiger partial charge in [-0.05, 0) is 35.9 Å². The van der Waals surface area contributed by atoms with Gasteiger partial charge >= 0.3 is 6.61 Å². The first-order chi connectivity index (χ1) is 9.13. The second-order valence-corrected chi connectivity index (χ2v) is 3.89. The van der Waals surface area contributed by atoms with Crippen LogP contribution in [-0.2, 0) is 6.54 Å². The molecule has 0 amide bonds. The number of anilines is 1. The maximum absolute atomic E-state index is 12.9. The van der Waals surface area contributed by atoms with Crippen LogP contribution in [0.4, 0.5) is 18.9 Å². The lowest BCUT2D eigenvalue weighted by molar-refractivity contribution is -0.0498. The fourth-order valence-corrected chi connectivity index (χ4v) is 1.59. The average molecular weight is 267 g/mol. The lowest BCUT2D eigenvalue weighted by Gasteiger charge is -2.08. The van der Waals surface area contributed by atoms with Gasteiger partial charge in [-0.3, -0.25) is 0 Å². The molecule has 2 aromatic rings. The Hall–Kier alpha value is -2.17. The second-order valence-electron chi connectivity index (χ2n) is 3.89. The summed E-state index contributed by atoms with van der Waals surface area (Å²) in [6.45, 7) is -2.35. The van der Waals surface area contributed by atoms with Gasteiger partial charge in [0, 0.05) is 12.2 Å². The minimum Gasteiger partial charge on any atom is -0.435 e. The SMILES string of the molecule is Fc1cccc(NCc2ccc(OC(F)F)cc2)c1. The molecule has 2 rings (SSSR count). The van der Waals surface area contributed by atoms with Crippen molar-refractivity contribution in [3.05, 3.63) is 59.9 Å². The van der Waals surface area contributed by atoms with Crippen LogP contribution in [0.15, 0.2) is 48.5 Å². The van der Waals surface area contributed by atoms with E-state index in [0.29, 0.717) is 12.2 Å². The molecule has 2 nitrogen and oxygen atoms in total. The molecule has 1 N–H and O–H groups in total. The molecular weight excluding hydrogens is 255 g/mol. The molecule has 0 heterocycles. The Kier molecular flexibility index (Phi) is 4.28. The first-order valence-corrected chi connectivity index (χ1v) is 5.67. The highest BCUT2D eigenvalue weighted by Crippen LogP contribution is 2.16. The zero-order valence-electron chi connectivity index (χ0n) is 9.95. The zero-order chi connectivity index (χ0) is 13.7. The van der Waals surface area contributed by atoms with Crippen molar-refractivity contribution in [1.29, 1.82) is 0 Å². The van der Waals surface area contributed by atoms with Crippen LogP contribution in [0.5, 0.6) is 5.75 Å². The van der Waals surface area contributed by atoms with E-state index >= 15 is 0 Å². The summed E-state index contributed by atoms with van der Waals surface area (Å²) in [5, 5.41) is 3.03. The van der Waals surface area contributed by atoms with Crippen LogP contribution in [0.3, 0.4) is 0 Å². The number of alkyl halides is 2. The highest BCUT2D eigenvalue weighted by atomic mass is 19.3. The highest BCUT2D eigenvalue weighted by Gasteiger charge is 2.03. The fraction of sp³-hybridized carbons (Fsp3) is 0.143. The first kappa shape index (κ1) is 13.3. The van der Waals surface area contributed by atoms with Crippen LogP contribution in [-0.4, -0.2) is 6.61 Å². The lowest BCUT2D eigenvalue weighted by Crippen LogP contribution is -2.03. The Bertz CT molecular complexity index is 528. The Morgan fingerprint density at radius 2 is 1.79 bits per heavy atom. The number of halogens is 3. The molecule has 0 saturated carbocycles. The molecule has 0 aromatic heterocycles. The van der Waals surface area contributed by atoms with Gasteiger partial charge in [0.05, 0.1) is 0 Å². The number of benzene rings is 2. The highest BCUT2D eigenvalue weighted by molar-refractivity contribution is 5.44. The van der Waals surface area contributed by atoms with Crippen LogP contribution in [0.25, 0.3) is 0 Å². The zero-order valence-corrected chi connectivity index (χ0v) is 9.95. The largest absolute Gasteiger partial charge is 0.435 e. The maximum Gasteiger partial charge on any atom is 0.387 e. The van der Waals surface area contributed by atoms with Crippen molar-refractivity contribution in [2.45, 2.75) is 13.2 Å². The standard InChI is InChI=1S/C14H12F3NO/c15-11-2-1-3-12(8-11)18-9-10-4-6-13(7-5-10)19-14(16)17/h1-8,14,18H,9H2. The Labute approximate surface area is 108 Å². The average Bonchev–Trinajstić information content (AvgIpc) is 2.37. The Morgan fingerprint density at radius 1 is 1.05 bits per heavy atom. The maximum atomic E-state index is 12.9. The van der Waals surface area contributed by atoms with E-state index in [9.17, 15) is 13.2 Å². The smallest absolute Gasteiger partial charge is 0.387 e.